The van der Waals surface area contributed by atoms with Gasteiger partial charge in [-0.15, -0.1) is 0 Å². The number of pyridine rings is 1. The molecule has 0 unspecified atom stereocenters. The van der Waals surface area contributed by atoms with E-state index >= 15 is 0 Å². The maximum Gasteiger partial charge on any atom is 0.189 e. The highest BCUT2D eigenvalue weighted by atomic mass is 19.1. The van der Waals surface area contributed by atoms with Gasteiger partial charge in [-0.3, -0.25) is 4.79 Å². The molecule has 112 valence electrons. The summed E-state index contributed by atoms with van der Waals surface area (Å²) in [5.41, 5.74) is 0.964. The van der Waals surface area contributed by atoms with Crippen molar-refractivity contribution >= 4 is 10.9 Å². The van der Waals surface area contributed by atoms with Gasteiger partial charge in [0.05, 0.1) is 12.1 Å². The molecule has 1 heterocycles. The molecule has 0 saturated carbocycles. The number of aromatic nitrogens is 1. The van der Waals surface area contributed by atoms with Crippen molar-refractivity contribution in [1.82, 2.24) is 4.57 Å². The molecule has 3 rings (SSSR count). The molecule has 0 bridgehead atoms. The van der Waals surface area contributed by atoms with Crippen molar-refractivity contribution in [3.8, 4) is 5.75 Å². The molecule has 2 aromatic carbocycles. The van der Waals surface area contributed by atoms with Crippen molar-refractivity contribution in [1.29, 1.82) is 0 Å². The maximum absolute atomic E-state index is 12.8. The number of aryl methyl sites for hydroxylation is 1. The Morgan fingerprint density at radius 1 is 1.00 bits per heavy atom. The fourth-order valence-corrected chi connectivity index (χ4v) is 2.41. The lowest BCUT2D eigenvalue weighted by Crippen LogP contribution is -2.10. The van der Waals surface area contributed by atoms with Crippen LogP contribution >= 0.6 is 0 Å². The lowest BCUT2D eigenvalue weighted by molar-refractivity contribution is 0.302. The summed E-state index contributed by atoms with van der Waals surface area (Å²) in [5, 5.41) is 0.726. The van der Waals surface area contributed by atoms with E-state index in [1.54, 1.807) is 18.2 Å². The van der Waals surface area contributed by atoms with E-state index in [0.717, 1.165) is 23.9 Å². The standard InChI is InChI=1S/C18H16FNO2/c19-14-6-8-15(9-7-14)22-13-3-11-20-12-10-18(21)16-4-1-2-5-17(16)20/h1-2,4-10,12H,3,11,13H2. The van der Waals surface area contributed by atoms with Crippen LogP contribution in [0.1, 0.15) is 6.42 Å². The fraction of sp³-hybridized carbons (Fsp3) is 0.167. The second-order valence-corrected chi connectivity index (χ2v) is 5.05. The van der Waals surface area contributed by atoms with Crippen LogP contribution in [-0.4, -0.2) is 11.2 Å². The van der Waals surface area contributed by atoms with Crippen molar-refractivity contribution in [2.24, 2.45) is 0 Å². The molecule has 0 amide bonds. The topological polar surface area (TPSA) is 31.2 Å². The van der Waals surface area contributed by atoms with Crippen LogP contribution in [0.3, 0.4) is 0 Å². The molecule has 3 nitrogen and oxygen atoms in total. The number of hydrogen-bond donors (Lipinski definition) is 0. The molecule has 0 saturated heterocycles. The first kappa shape index (κ1) is 14.3. The molecule has 1 aromatic heterocycles. The summed E-state index contributed by atoms with van der Waals surface area (Å²) in [7, 11) is 0. The van der Waals surface area contributed by atoms with Gasteiger partial charge >= 0.3 is 0 Å². The van der Waals surface area contributed by atoms with E-state index in [0.29, 0.717) is 12.4 Å². The number of para-hydroxylation sites is 1. The van der Waals surface area contributed by atoms with E-state index in [2.05, 4.69) is 0 Å². The first-order chi connectivity index (χ1) is 10.7. The van der Waals surface area contributed by atoms with Crippen LogP contribution in [-0.2, 0) is 6.54 Å². The minimum Gasteiger partial charge on any atom is -0.494 e. The lowest BCUT2D eigenvalue weighted by atomic mass is 10.2. The summed E-state index contributed by atoms with van der Waals surface area (Å²) in [4.78, 5) is 11.8. The van der Waals surface area contributed by atoms with E-state index in [-0.39, 0.29) is 11.2 Å². The van der Waals surface area contributed by atoms with Crippen LogP contribution < -0.4 is 10.2 Å². The molecule has 0 radical (unpaired) electrons. The van der Waals surface area contributed by atoms with Crippen LogP contribution in [0.4, 0.5) is 4.39 Å². The molecule has 0 atom stereocenters. The summed E-state index contributed by atoms with van der Waals surface area (Å²) < 4.78 is 20.4. The van der Waals surface area contributed by atoms with Crippen LogP contribution in [0.5, 0.6) is 5.75 Å². The molecule has 3 aromatic rings. The predicted octanol–water partition coefficient (Wildman–Crippen LogP) is 3.61. The summed E-state index contributed by atoms with van der Waals surface area (Å²) >= 11 is 0. The van der Waals surface area contributed by atoms with Crippen molar-refractivity contribution < 1.29 is 9.13 Å². The van der Waals surface area contributed by atoms with E-state index in [9.17, 15) is 9.18 Å². The average molecular weight is 297 g/mol. The highest BCUT2D eigenvalue weighted by Gasteiger charge is 2.02. The Labute approximate surface area is 127 Å². The highest BCUT2D eigenvalue weighted by molar-refractivity contribution is 5.78. The van der Waals surface area contributed by atoms with Gasteiger partial charge in [0.25, 0.3) is 0 Å². The van der Waals surface area contributed by atoms with Crippen molar-refractivity contribution in [3.05, 3.63) is 76.8 Å². The van der Waals surface area contributed by atoms with Gasteiger partial charge in [-0.05, 0) is 42.8 Å². The molecule has 4 heteroatoms. The first-order valence-electron chi connectivity index (χ1n) is 7.20. The Balaban J connectivity index is 1.63. The molecule has 0 spiro atoms. The third-order valence-electron chi connectivity index (χ3n) is 3.51. The van der Waals surface area contributed by atoms with E-state index in [1.165, 1.54) is 12.1 Å². The molecular weight excluding hydrogens is 281 g/mol. The number of ether oxygens (including phenoxy) is 1. The Hall–Kier alpha value is -2.62. The maximum atomic E-state index is 12.8. The number of hydrogen-bond acceptors (Lipinski definition) is 2. The number of benzene rings is 2. The average Bonchev–Trinajstić information content (AvgIpc) is 2.55. The SMILES string of the molecule is O=c1ccn(CCCOc2ccc(F)cc2)c2ccccc12. The van der Waals surface area contributed by atoms with E-state index < -0.39 is 0 Å². The van der Waals surface area contributed by atoms with Crippen LogP contribution in [0, 0.1) is 5.82 Å². The molecule has 0 aliphatic carbocycles. The minimum atomic E-state index is -0.271. The quantitative estimate of drug-likeness (QED) is 0.674. The third-order valence-corrected chi connectivity index (χ3v) is 3.51. The minimum absolute atomic E-state index is 0.0365. The summed E-state index contributed by atoms with van der Waals surface area (Å²) in [6.45, 7) is 1.29. The van der Waals surface area contributed by atoms with E-state index in [1.807, 2.05) is 35.0 Å². The van der Waals surface area contributed by atoms with Crippen LogP contribution in [0.25, 0.3) is 10.9 Å². The molecule has 22 heavy (non-hydrogen) atoms. The number of halogens is 1. The second kappa shape index (κ2) is 6.43. The Kier molecular flexibility index (Phi) is 4.19. The van der Waals surface area contributed by atoms with Crippen molar-refractivity contribution in [3.63, 3.8) is 0 Å². The van der Waals surface area contributed by atoms with Crippen LogP contribution in [0.15, 0.2) is 65.6 Å². The zero-order valence-electron chi connectivity index (χ0n) is 12.0. The first-order valence-corrected chi connectivity index (χ1v) is 7.20. The van der Waals surface area contributed by atoms with Gasteiger partial charge in [0, 0.05) is 24.2 Å². The highest BCUT2D eigenvalue weighted by Crippen LogP contribution is 2.12. The normalized spacial score (nSPS) is 10.8. The Morgan fingerprint density at radius 2 is 1.77 bits per heavy atom. The van der Waals surface area contributed by atoms with Crippen molar-refractivity contribution in [2.75, 3.05) is 6.61 Å². The number of fused-ring (bicyclic) bond motifs is 1. The number of nitrogens with zero attached hydrogens (tertiary/aromatic N) is 1. The van der Waals surface area contributed by atoms with Gasteiger partial charge < -0.3 is 9.30 Å². The number of rotatable bonds is 5. The fourth-order valence-electron chi connectivity index (χ4n) is 2.41. The summed E-state index contributed by atoms with van der Waals surface area (Å²) in [5.74, 6) is 0.387. The van der Waals surface area contributed by atoms with Gasteiger partial charge in [0.15, 0.2) is 5.43 Å². The predicted molar refractivity (Wildman–Crippen MR) is 84.7 cm³/mol. The Morgan fingerprint density at radius 3 is 2.59 bits per heavy atom. The van der Waals surface area contributed by atoms with Gasteiger partial charge in [0.2, 0.25) is 0 Å². The zero-order valence-corrected chi connectivity index (χ0v) is 12.0. The molecule has 0 fully saturated rings. The summed E-state index contributed by atoms with van der Waals surface area (Å²) in [6.07, 6.45) is 2.60. The Bertz CT molecular complexity index is 824. The molecule has 0 aliphatic heterocycles. The van der Waals surface area contributed by atoms with Crippen molar-refractivity contribution in [2.45, 2.75) is 13.0 Å². The largest absolute Gasteiger partial charge is 0.494 e. The molecular formula is C18H16FNO2. The van der Waals surface area contributed by atoms with Gasteiger partial charge in [-0.25, -0.2) is 4.39 Å². The second-order valence-electron chi connectivity index (χ2n) is 5.05. The lowest BCUT2D eigenvalue weighted by Gasteiger charge is -2.11. The van der Waals surface area contributed by atoms with Crippen LogP contribution in [0.2, 0.25) is 0 Å². The van der Waals surface area contributed by atoms with Gasteiger partial charge in [-0.1, -0.05) is 12.1 Å². The molecule has 0 aliphatic rings. The third kappa shape index (κ3) is 3.17. The summed E-state index contributed by atoms with van der Waals surface area (Å²) in [6, 6.07) is 15.1. The smallest absolute Gasteiger partial charge is 0.189 e. The zero-order chi connectivity index (χ0) is 15.4. The van der Waals surface area contributed by atoms with Gasteiger partial charge in [0.1, 0.15) is 11.6 Å². The van der Waals surface area contributed by atoms with E-state index in [4.69, 9.17) is 4.74 Å². The van der Waals surface area contributed by atoms with Gasteiger partial charge in [-0.2, -0.15) is 0 Å². The molecule has 0 N–H and O–H groups in total. The monoisotopic (exact) mass is 297 g/mol.